The fraction of sp³-hybridized carbons (Fsp3) is 0.364. The van der Waals surface area contributed by atoms with Gasteiger partial charge in [0.05, 0.1) is 12.7 Å². The molecule has 2 rings (SSSR count). The van der Waals surface area contributed by atoms with Gasteiger partial charge in [0.25, 0.3) is 5.56 Å². The Hall–Kier alpha value is -1.95. The minimum Gasteiger partial charge on any atom is -0.314 e. The molecule has 2 aromatic rings. The molecule has 0 spiro atoms. The fourth-order valence-corrected chi connectivity index (χ4v) is 1.52. The van der Waals surface area contributed by atoms with E-state index in [9.17, 15) is 4.79 Å². The summed E-state index contributed by atoms with van der Waals surface area (Å²) in [6.07, 6.45) is 5.27. The molecule has 0 saturated carbocycles. The number of nitrogens with one attached hydrogen (secondary N) is 1. The van der Waals surface area contributed by atoms with Gasteiger partial charge in [-0.05, 0) is 6.07 Å². The number of pyridine rings is 1. The predicted molar refractivity (Wildman–Crippen MR) is 63.6 cm³/mol. The lowest BCUT2D eigenvalue weighted by Crippen LogP contribution is -2.28. The number of rotatable bonds is 6. The molecule has 6 nitrogen and oxygen atoms in total. The lowest BCUT2D eigenvalue weighted by atomic mass is 10.4. The van der Waals surface area contributed by atoms with Gasteiger partial charge in [-0.15, -0.1) is 5.10 Å². The molecule has 0 atom stereocenters. The third-order valence-corrected chi connectivity index (χ3v) is 2.42. The van der Waals surface area contributed by atoms with E-state index >= 15 is 0 Å². The molecular formula is C11H15N5O. The normalized spacial score (nSPS) is 10.6. The maximum Gasteiger partial charge on any atom is 0.250 e. The van der Waals surface area contributed by atoms with E-state index < -0.39 is 0 Å². The van der Waals surface area contributed by atoms with Gasteiger partial charge >= 0.3 is 0 Å². The highest BCUT2D eigenvalue weighted by Gasteiger charge is 1.94. The van der Waals surface area contributed by atoms with Gasteiger partial charge in [-0.3, -0.25) is 9.48 Å². The Labute approximate surface area is 98.9 Å². The Bertz CT molecular complexity index is 491. The molecule has 0 bridgehead atoms. The van der Waals surface area contributed by atoms with Crippen molar-refractivity contribution in [2.24, 2.45) is 0 Å². The second-order valence-corrected chi connectivity index (χ2v) is 3.65. The monoisotopic (exact) mass is 233 g/mol. The van der Waals surface area contributed by atoms with Crippen LogP contribution in [0, 0.1) is 0 Å². The Morgan fingerprint density at radius 3 is 2.82 bits per heavy atom. The Morgan fingerprint density at radius 1 is 1.18 bits per heavy atom. The molecule has 0 saturated heterocycles. The largest absolute Gasteiger partial charge is 0.314 e. The van der Waals surface area contributed by atoms with Crippen LogP contribution in [0.4, 0.5) is 0 Å². The average molecular weight is 233 g/mol. The molecule has 0 aromatic carbocycles. The zero-order valence-corrected chi connectivity index (χ0v) is 9.49. The summed E-state index contributed by atoms with van der Waals surface area (Å²) in [4.78, 5) is 11.4. The molecule has 0 aliphatic heterocycles. The molecule has 6 heteroatoms. The van der Waals surface area contributed by atoms with E-state index in [0.717, 1.165) is 19.6 Å². The Balaban J connectivity index is 1.67. The first-order valence-electron chi connectivity index (χ1n) is 5.56. The van der Waals surface area contributed by atoms with Crippen molar-refractivity contribution in [3.63, 3.8) is 0 Å². The number of aromatic nitrogens is 4. The van der Waals surface area contributed by atoms with Crippen LogP contribution in [0.25, 0.3) is 0 Å². The summed E-state index contributed by atoms with van der Waals surface area (Å²) < 4.78 is 3.45. The van der Waals surface area contributed by atoms with E-state index in [2.05, 4.69) is 15.6 Å². The van der Waals surface area contributed by atoms with Gasteiger partial charge in [0.15, 0.2) is 0 Å². The van der Waals surface area contributed by atoms with Crippen LogP contribution in [0.3, 0.4) is 0 Å². The zero-order chi connectivity index (χ0) is 11.9. The highest BCUT2D eigenvalue weighted by atomic mass is 16.1. The summed E-state index contributed by atoms with van der Waals surface area (Å²) in [7, 11) is 0. The van der Waals surface area contributed by atoms with Gasteiger partial charge in [0.1, 0.15) is 0 Å². The van der Waals surface area contributed by atoms with Crippen LogP contribution in [0.2, 0.25) is 0 Å². The number of hydrogen-bond donors (Lipinski definition) is 1. The predicted octanol–water partition coefficient (Wildman–Crippen LogP) is -0.270. The first-order chi connectivity index (χ1) is 8.36. The molecule has 2 heterocycles. The van der Waals surface area contributed by atoms with Crippen molar-refractivity contribution >= 4 is 0 Å². The minimum absolute atomic E-state index is 0.0329. The molecule has 0 aliphatic carbocycles. The van der Waals surface area contributed by atoms with Gasteiger partial charge in [-0.2, -0.15) is 0 Å². The summed E-state index contributed by atoms with van der Waals surface area (Å²) in [5.74, 6) is 0. The Kier molecular flexibility index (Phi) is 4.04. The molecule has 0 fully saturated rings. The van der Waals surface area contributed by atoms with Crippen molar-refractivity contribution in [3.8, 4) is 0 Å². The van der Waals surface area contributed by atoms with Crippen LogP contribution >= 0.6 is 0 Å². The first-order valence-corrected chi connectivity index (χ1v) is 5.56. The maximum atomic E-state index is 11.4. The lowest BCUT2D eigenvalue weighted by molar-refractivity contribution is 0.518. The summed E-state index contributed by atoms with van der Waals surface area (Å²) in [6.45, 7) is 3.03. The third kappa shape index (κ3) is 3.53. The molecule has 1 N–H and O–H groups in total. The van der Waals surface area contributed by atoms with Crippen LogP contribution < -0.4 is 10.9 Å². The van der Waals surface area contributed by atoms with E-state index in [0.29, 0.717) is 6.54 Å². The molecule has 0 amide bonds. The third-order valence-electron chi connectivity index (χ3n) is 2.42. The van der Waals surface area contributed by atoms with Crippen molar-refractivity contribution in [2.45, 2.75) is 13.1 Å². The maximum absolute atomic E-state index is 11.4. The standard InChI is InChI=1S/C11H15N5O/c17-11-3-1-2-7-15(11)8-4-12-5-9-16-10-6-13-14-16/h1-3,6-7,10,12H,4-5,8-9H2. The molecule has 90 valence electrons. The molecular weight excluding hydrogens is 218 g/mol. The second-order valence-electron chi connectivity index (χ2n) is 3.65. The van der Waals surface area contributed by atoms with Gasteiger partial charge < -0.3 is 9.88 Å². The SMILES string of the molecule is O=c1ccccn1CCNCCn1ccnn1. The van der Waals surface area contributed by atoms with Crippen LogP contribution in [0.1, 0.15) is 0 Å². The molecule has 0 aliphatic rings. The van der Waals surface area contributed by atoms with Crippen LogP contribution in [-0.4, -0.2) is 32.7 Å². The molecule has 0 unspecified atom stereocenters. The Morgan fingerprint density at radius 2 is 2.06 bits per heavy atom. The quantitative estimate of drug-likeness (QED) is 0.698. The smallest absolute Gasteiger partial charge is 0.250 e. The topological polar surface area (TPSA) is 64.7 Å². The second kappa shape index (κ2) is 5.95. The number of nitrogens with zero attached hydrogens (tertiary/aromatic N) is 4. The van der Waals surface area contributed by atoms with Crippen LogP contribution in [-0.2, 0) is 13.1 Å². The van der Waals surface area contributed by atoms with Crippen LogP contribution in [0.5, 0.6) is 0 Å². The van der Waals surface area contributed by atoms with Crippen molar-refractivity contribution in [1.29, 1.82) is 0 Å². The van der Waals surface area contributed by atoms with Crippen molar-refractivity contribution in [2.75, 3.05) is 13.1 Å². The van der Waals surface area contributed by atoms with Crippen molar-refractivity contribution < 1.29 is 0 Å². The van der Waals surface area contributed by atoms with Crippen LogP contribution in [0.15, 0.2) is 41.6 Å². The van der Waals surface area contributed by atoms with Gasteiger partial charge in [0, 0.05) is 38.1 Å². The zero-order valence-electron chi connectivity index (χ0n) is 9.49. The van der Waals surface area contributed by atoms with E-state index in [1.807, 2.05) is 12.3 Å². The van der Waals surface area contributed by atoms with E-state index in [1.165, 1.54) is 0 Å². The molecule has 17 heavy (non-hydrogen) atoms. The summed E-state index contributed by atoms with van der Waals surface area (Å²) in [6, 6.07) is 5.17. The highest BCUT2D eigenvalue weighted by molar-refractivity contribution is 4.93. The average Bonchev–Trinajstić information content (AvgIpc) is 2.84. The lowest BCUT2D eigenvalue weighted by Gasteiger charge is -2.06. The summed E-state index contributed by atoms with van der Waals surface area (Å²) >= 11 is 0. The summed E-state index contributed by atoms with van der Waals surface area (Å²) in [5, 5.41) is 10.8. The van der Waals surface area contributed by atoms with Gasteiger partial charge in [-0.25, -0.2) is 0 Å². The fourth-order valence-electron chi connectivity index (χ4n) is 1.52. The highest BCUT2D eigenvalue weighted by Crippen LogP contribution is 1.82. The van der Waals surface area contributed by atoms with E-state index in [1.54, 1.807) is 33.8 Å². The van der Waals surface area contributed by atoms with Gasteiger partial charge in [0.2, 0.25) is 0 Å². The van der Waals surface area contributed by atoms with Gasteiger partial charge in [-0.1, -0.05) is 11.3 Å². The van der Waals surface area contributed by atoms with E-state index in [4.69, 9.17) is 0 Å². The van der Waals surface area contributed by atoms with Crippen molar-refractivity contribution in [3.05, 3.63) is 47.1 Å². The first kappa shape index (κ1) is 11.5. The minimum atomic E-state index is 0.0329. The van der Waals surface area contributed by atoms with Crippen molar-refractivity contribution in [1.82, 2.24) is 24.9 Å². The van der Waals surface area contributed by atoms with E-state index in [-0.39, 0.29) is 5.56 Å². The molecule has 0 radical (unpaired) electrons. The number of hydrogen-bond acceptors (Lipinski definition) is 4. The summed E-state index contributed by atoms with van der Waals surface area (Å²) in [5.41, 5.74) is 0.0329. The molecule has 2 aromatic heterocycles.